The van der Waals surface area contributed by atoms with E-state index >= 15 is 0 Å². The molecule has 1 heterocycles. The van der Waals surface area contributed by atoms with Gasteiger partial charge in [0.1, 0.15) is 0 Å². The Balaban J connectivity index is 2.31. The maximum absolute atomic E-state index is 11.9. The fourth-order valence-corrected chi connectivity index (χ4v) is 2.63. The van der Waals surface area contributed by atoms with E-state index in [1.54, 1.807) is 0 Å². The van der Waals surface area contributed by atoms with E-state index < -0.39 is 0 Å². The minimum Gasteiger partial charge on any atom is -0.356 e. The molecule has 0 bridgehead atoms. The van der Waals surface area contributed by atoms with E-state index in [2.05, 4.69) is 12.2 Å². The zero-order chi connectivity index (χ0) is 12.3. The number of rotatable bonds is 1. The van der Waals surface area contributed by atoms with E-state index in [0.29, 0.717) is 5.91 Å². The normalized spacial score (nSPS) is 25.9. The second kappa shape index (κ2) is 9.49. The van der Waals surface area contributed by atoms with Gasteiger partial charge in [-0.2, -0.15) is 0 Å². The number of amides is 1. The summed E-state index contributed by atoms with van der Waals surface area (Å²) in [5.74, 6) is 0.558. The van der Waals surface area contributed by atoms with E-state index in [0.717, 1.165) is 25.8 Å². The van der Waals surface area contributed by atoms with E-state index in [4.69, 9.17) is 0 Å². The molecule has 1 fully saturated rings. The molecule has 17 heavy (non-hydrogen) atoms. The minimum atomic E-state index is 0.262. The maximum Gasteiger partial charge on any atom is 0.223 e. The lowest BCUT2D eigenvalue weighted by Crippen LogP contribution is -2.31. The van der Waals surface area contributed by atoms with Crippen LogP contribution in [0, 0.1) is 5.92 Å². The molecule has 0 aliphatic carbocycles. The van der Waals surface area contributed by atoms with Crippen molar-refractivity contribution in [2.75, 3.05) is 6.54 Å². The van der Waals surface area contributed by atoms with Crippen molar-refractivity contribution in [1.29, 1.82) is 0 Å². The average molecular weight is 239 g/mol. The molecule has 1 aliphatic rings. The third-order valence-electron chi connectivity index (χ3n) is 3.89. The van der Waals surface area contributed by atoms with Crippen molar-refractivity contribution in [3.63, 3.8) is 0 Å². The number of hydrogen-bond donors (Lipinski definition) is 1. The van der Waals surface area contributed by atoms with Crippen LogP contribution < -0.4 is 5.32 Å². The molecular weight excluding hydrogens is 210 g/mol. The smallest absolute Gasteiger partial charge is 0.223 e. The van der Waals surface area contributed by atoms with Gasteiger partial charge in [0.15, 0.2) is 0 Å². The van der Waals surface area contributed by atoms with Crippen LogP contribution in [0.5, 0.6) is 0 Å². The van der Waals surface area contributed by atoms with Gasteiger partial charge in [-0.3, -0.25) is 4.79 Å². The van der Waals surface area contributed by atoms with Gasteiger partial charge in [-0.25, -0.2) is 0 Å². The molecule has 1 aliphatic heterocycles. The van der Waals surface area contributed by atoms with Gasteiger partial charge in [-0.05, 0) is 19.3 Å². The van der Waals surface area contributed by atoms with Crippen molar-refractivity contribution in [3.8, 4) is 0 Å². The summed E-state index contributed by atoms with van der Waals surface area (Å²) in [6.07, 6.45) is 13.9. The molecule has 0 aromatic rings. The summed E-state index contributed by atoms with van der Waals surface area (Å²) in [6.45, 7) is 3.02. The summed E-state index contributed by atoms with van der Waals surface area (Å²) < 4.78 is 0. The van der Waals surface area contributed by atoms with Gasteiger partial charge in [0.25, 0.3) is 0 Å². The molecule has 1 unspecified atom stereocenters. The quantitative estimate of drug-likeness (QED) is 0.735. The fraction of sp³-hybridized carbons (Fsp3) is 0.933. The Labute approximate surface area is 107 Å². The maximum atomic E-state index is 11.9. The van der Waals surface area contributed by atoms with Crippen LogP contribution in [0.3, 0.4) is 0 Å². The molecule has 0 aromatic heterocycles. The third-order valence-corrected chi connectivity index (χ3v) is 3.89. The topological polar surface area (TPSA) is 29.1 Å². The Hall–Kier alpha value is -0.530. The first-order chi connectivity index (χ1) is 8.34. The lowest BCUT2D eigenvalue weighted by molar-refractivity contribution is -0.125. The molecule has 0 radical (unpaired) electrons. The number of carbonyl (C=O) groups excluding carboxylic acids is 1. The van der Waals surface area contributed by atoms with Crippen molar-refractivity contribution >= 4 is 5.91 Å². The van der Waals surface area contributed by atoms with E-state index in [1.807, 2.05) is 0 Å². The Morgan fingerprint density at radius 2 is 1.47 bits per heavy atom. The van der Waals surface area contributed by atoms with Crippen LogP contribution in [-0.4, -0.2) is 12.5 Å². The Morgan fingerprint density at radius 1 is 0.941 bits per heavy atom. The number of carbonyl (C=O) groups is 1. The highest BCUT2D eigenvalue weighted by molar-refractivity contribution is 5.78. The van der Waals surface area contributed by atoms with Crippen LogP contribution in [0.15, 0.2) is 0 Å². The molecule has 1 amide bonds. The minimum absolute atomic E-state index is 0.262. The molecular formula is C15H29NO. The average Bonchev–Trinajstić information content (AvgIpc) is 2.34. The monoisotopic (exact) mass is 239 g/mol. The van der Waals surface area contributed by atoms with Crippen LogP contribution in [0.2, 0.25) is 0 Å². The number of nitrogens with one attached hydrogen (secondary N) is 1. The fourth-order valence-electron chi connectivity index (χ4n) is 2.63. The van der Waals surface area contributed by atoms with Crippen LogP contribution in [0.4, 0.5) is 0 Å². The zero-order valence-electron chi connectivity index (χ0n) is 11.5. The predicted octanol–water partition coefficient (Wildman–Crippen LogP) is 4.04. The van der Waals surface area contributed by atoms with E-state index in [-0.39, 0.29) is 5.92 Å². The first kappa shape index (κ1) is 14.5. The summed E-state index contributed by atoms with van der Waals surface area (Å²) >= 11 is 0. The van der Waals surface area contributed by atoms with Gasteiger partial charge >= 0.3 is 0 Å². The Morgan fingerprint density at radius 3 is 2.06 bits per heavy atom. The van der Waals surface area contributed by atoms with Crippen LogP contribution in [0.1, 0.15) is 77.6 Å². The van der Waals surface area contributed by atoms with Crippen molar-refractivity contribution < 1.29 is 4.79 Å². The molecule has 1 N–H and O–H groups in total. The molecule has 1 rings (SSSR count). The van der Waals surface area contributed by atoms with Gasteiger partial charge in [0.2, 0.25) is 5.91 Å². The second-order valence-corrected chi connectivity index (χ2v) is 5.37. The highest BCUT2D eigenvalue weighted by Gasteiger charge is 2.15. The largest absolute Gasteiger partial charge is 0.356 e. The number of hydrogen-bond acceptors (Lipinski definition) is 1. The van der Waals surface area contributed by atoms with Crippen LogP contribution in [-0.2, 0) is 4.79 Å². The van der Waals surface area contributed by atoms with Gasteiger partial charge < -0.3 is 5.32 Å². The van der Waals surface area contributed by atoms with Crippen molar-refractivity contribution in [2.45, 2.75) is 77.6 Å². The predicted molar refractivity (Wildman–Crippen MR) is 73.0 cm³/mol. The Kier molecular flexibility index (Phi) is 8.12. The van der Waals surface area contributed by atoms with Gasteiger partial charge in [0.05, 0.1) is 0 Å². The Bertz CT molecular complexity index is 203. The van der Waals surface area contributed by atoms with Crippen molar-refractivity contribution in [3.05, 3.63) is 0 Å². The van der Waals surface area contributed by atoms with Crippen molar-refractivity contribution in [2.24, 2.45) is 5.92 Å². The summed E-state index contributed by atoms with van der Waals surface area (Å²) in [5, 5.41) is 3.10. The standard InChI is InChI=1S/C15H29NO/c1-2-14-12-10-8-6-4-3-5-7-9-11-13-16-15(14)17/h14H,2-13H2,1H3,(H,16,17). The first-order valence-corrected chi connectivity index (χ1v) is 7.62. The SMILES string of the molecule is CCC1CCCCCCCCCCCNC1=O. The molecule has 1 atom stereocenters. The summed E-state index contributed by atoms with van der Waals surface area (Å²) in [4.78, 5) is 11.9. The molecule has 0 saturated carbocycles. The highest BCUT2D eigenvalue weighted by Crippen LogP contribution is 2.16. The second-order valence-electron chi connectivity index (χ2n) is 5.37. The van der Waals surface area contributed by atoms with E-state index in [9.17, 15) is 4.79 Å². The van der Waals surface area contributed by atoms with Crippen LogP contribution in [0.25, 0.3) is 0 Å². The summed E-state index contributed by atoms with van der Waals surface area (Å²) in [7, 11) is 0. The highest BCUT2D eigenvalue weighted by atomic mass is 16.1. The van der Waals surface area contributed by atoms with E-state index in [1.165, 1.54) is 51.4 Å². The van der Waals surface area contributed by atoms with Crippen molar-refractivity contribution in [1.82, 2.24) is 5.32 Å². The van der Waals surface area contributed by atoms with Crippen LogP contribution >= 0.6 is 0 Å². The van der Waals surface area contributed by atoms with Gasteiger partial charge in [0, 0.05) is 12.5 Å². The molecule has 100 valence electrons. The molecule has 0 spiro atoms. The van der Waals surface area contributed by atoms with Gasteiger partial charge in [-0.1, -0.05) is 58.3 Å². The summed E-state index contributed by atoms with van der Waals surface area (Å²) in [6, 6.07) is 0. The third kappa shape index (κ3) is 6.70. The lowest BCUT2D eigenvalue weighted by Gasteiger charge is -2.15. The zero-order valence-corrected chi connectivity index (χ0v) is 11.5. The molecule has 1 saturated heterocycles. The van der Waals surface area contributed by atoms with Gasteiger partial charge in [-0.15, -0.1) is 0 Å². The first-order valence-electron chi connectivity index (χ1n) is 7.62. The molecule has 2 nitrogen and oxygen atoms in total. The summed E-state index contributed by atoms with van der Waals surface area (Å²) in [5.41, 5.74) is 0. The molecule has 0 aromatic carbocycles. The lowest BCUT2D eigenvalue weighted by atomic mass is 9.96. The molecule has 2 heteroatoms.